The van der Waals surface area contributed by atoms with Crippen LogP contribution in [-0.2, 0) is 11.8 Å². The number of carbonyl (C=O) groups excluding carboxylic acids is 1. The topological polar surface area (TPSA) is 56.2 Å². The van der Waals surface area contributed by atoms with Crippen LogP contribution in [0.2, 0.25) is 0 Å². The van der Waals surface area contributed by atoms with E-state index in [4.69, 9.17) is 4.74 Å². The standard InChI is InChI=1S/C16H18FN3O2/c1-20-10-12(9-18-20)16(21)19-15(14-3-2-8-22-14)11-4-6-13(17)7-5-11/h4-7,9-10,14-15H,2-3,8H2,1H3,(H,19,21). The number of rotatable bonds is 4. The number of aryl methyl sites for hydroxylation is 1. The smallest absolute Gasteiger partial charge is 0.255 e. The highest BCUT2D eigenvalue weighted by Gasteiger charge is 2.29. The highest BCUT2D eigenvalue weighted by Crippen LogP contribution is 2.27. The van der Waals surface area contributed by atoms with E-state index in [1.54, 1.807) is 30.1 Å². The Hall–Kier alpha value is -2.21. The number of hydrogen-bond acceptors (Lipinski definition) is 3. The van der Waals surface area contributed by atoms with E-state index in [-0.39, 0.29) is 23.9 Å². The number of nitrogens with one attached hydrogen (secondary N) is 1. The molecule has 0 saturated carbocycles. The molecule has 1 N–H and O–H groups in total. The van der Waals surface area contributed by atoms with Crippen LogP contribution in [0, 0.1) is 5.82 Å². The summed E-state index contributed by atoms with van der Waals surface area (Å²) in [5.74, 6) is -0.508. The van der Waals surface area contributed by atoms with Crippen LogP contribution in [0.25, 0.3) is 0 Å². The molecule has 22 heavy (non-hydrogen) atoms. The highest BCUT2D eigenvalue weighted by molar-refractivity contribution is 5.94. The van der Waals surface area contributed by atoms with Crippen molar-refractivity contribution in [2.45, 2.75) is 25.0 Å². The van der Waals surface area contributed by atoms with Gasteiger partial charge in [0.2, 0.25) is 0 Å². The molecule has 2 unspecified atom stereocenters. The lowest BCUT2D eigenvalue weighted by atomic mass is 9.99. The van der Waals surface area contributed by atoms with Gasteiger partial charge in [0, 0.05) is 19.9 Å². The SMILES string of the molecule is Cn1cc(C(=O)NC(c2ccc(F)cc2)C2CCCO2)cn1. The third kappa shape index (κ3) is 3.17. The fraction of sp³-hybridized carbons (Fsp3) is 0.375. The van der Waals surface area contributed by atoms with Crippen molar-refractivity contribution in [1.29, 1.82) is 0 Å². The molecule has 0 radical (unpaired) electrons. The average molecular weight is 303 g/mol. The molecule has 5 nitrogen and oxygen atoms in total. The maximum absolute atomic E-state index is 13.1. The van der Waals surface area contributed by atoms with Crippen LogP contribution in [-0.4, -0.2) is 28.4 Å². The van der Waals surface area contributed by atoms with Crippen molar-refractivity contribution in [1.82, 2.24) is 15.1 Å². The number of nitrogens with zero attached hydrogens (tertiary/aromatic N) is 2. The third-order valence-corrected chi connectivity index (χ3v) is 3.82. The Balaban J connectivity index is 1.82. The average Bonchev–Trinajstić information content (AvgIpc) is 3.17. The molecule has 3 rings (SSSR count). The molecular weight excluding hydrogens is 285 g/mol. The number of aromatic nitrogens is 2. The zero-order chi connectivity index (χ0) is 15.5. The molecule has 1 aliphatic heterocycles. The van der Waals surface area contributed by atoms with E-state index in [2.05, 4.69) is 10.4 Å². The second-order valence-electron chi connectivity index (χ2n) is 5.46. The summed E-state index contributed by atoms with van der Waals surface area (Å²) in [6.07, 6.45) is 4.92. The van der Waals surface area contributed by atoms with Crippen LogP contribution in [0.5, 0.6) is 0 Å². The van der Waals surface area contributed by atoms with Gasteiger partial charge in [-0.25, -0.2) is 4.39 Å². The molecule has 2 aromatic rings. The zero-order valence-electron chi connectivity index (χ0n) is 12.3. The summed E-state index contributed by atoms with van der Waals surface area (Å²) in [6.45, 7) is 0.686. The van der Waals surface area contributed by atoms with Gasteiger partial charge in [0.25, 0.3) is 5.91 Å². The Kier molecular flexibility index (Phi) is 4.20. The van der Waals surface area contributed by atoms with Crippen molar-refractivity contribution in [3.63, 3.8) is 0 Å². The highest BCUT2D eigenvalue weighted by atomic mass is 19.1. The largest absolute Gasteiger partial charge is 0.376 e. The third-order valence-electron chi connectivity index (χ3n) is 3.82. The summed E-state index contributed by atoms with van der Waals surface area (Å²) in [7, 11) is 1.76. The van der Waals surface area contributed by atoms with E-state index in [1.165, 1.54) is 18.3 Å². The number of halogens is 1. The van der Waals surface area contributed by atoms with Crippen LogP contribution in [0.15, 0.2) is 36.7 Å². The lowest BCUT2D eigenvalue weighted by Gasteiger charge is -2.24. The van der Waals surface area contributed by atoms with Gasteiger partial charge in [0.1, 0.15) is 5.82 Å². The Morgan fingerprint density at radius 2 is 2.23 bits per heavy atom. The number of benzene rings is 1. The van der Waals surface area contributed by atoms with E-state index in [0.717, 1.165) is 18.4 Å². The maximum atomic E-state index is 13.1. The predicted octanol–water partition coefficient (Wildman–Crippen LogP) is 2.21. The van der Waals surface area contributed by atoms with Gasteiger partial charge in [-0.3, -0.25) is 9.48 Å². The second kappa shape index (κ2) is 6.27. The van der Waals surface area contributed by atoms with Gasteiger partial charge in [0.05, 0.1) is 23.9 Å². The van der Waals surface area contributed by atoms with Crippen molar-refractivity contribution in [2.24, 2.45) is 7.05 Å². The lowest BCUT2D eigenvalue weighted by molar-refractivity contribution is 0.0672. The van der Waals surface area contributed by atoms with Gasteiger partial charge in [-0.15, -0.1) is 0 Å². The minimum atomic E-state index is -0.298. The molecule has 0 spiro atoms. The summed E-state index contributed by atoms with van der Waals surface area (Å²) in [6, 6.07) is 5.87. The van der Waals surface area contributed by atoms with Crippen LogP contribution < -0.4 is 5.32 Å². The van der Waals surface area contributed by atoms with Gasteiger partial charge in [0.15, 0.2) is 0 Å². The van der Waals surface area contributed by atoms with Gasteiger partial charge < -0.3 is 10.1 Å². The molecule has 1 aromatic heterocycles. The molecule has 1 aliphatic rings. The van der Waals surface area contributed by atoms with E-state index >= 15 is 0 Å². The van der Waals surface area contributed by atoms with E-state index < -0.39 is 0 Å². The summed E-state index contributed by atoms with van der Waals surface area (Å²) < 4.78 is 20.4. The molecule has 1 saturated heterocycles. The minimum Gasteiger partial charge on any atom is -0.376 e. The Morgan fingerprint density at radius 3 is 2.82 bits per heavy atom. The fourth-order valence-electron chi connectivity index (χ4n) is 2.69. The van der Waals surface area contributed by atoms with Gasteiger partial charge in [-0.05, 0) is 30.5 Å². The van der Waals surface area contributed by atoms with Crippen molar-refractivity contribution >= 4 is 5.91 Å². The molecule has 6 heteroatoms. The van der Waals surface area contributed by atoms with Crippen molar-refractivity contribution < 1.29 is 13.9 Å². The summed E-state index contributed by atoms with van der Waals surface area (Å²) in [5.41, 5.74) is 1.33. The Bertz CT molecular complexity index is 648. The predicted molar refractivity (Wildman–Crippen MR) is 78.8 cm³/mol. The summed E-state index contributed by atoms with van der Waals surface area (Å²) >= 11 is 0. The van der Waals surface area contributed by atoms with E-state index in [0.29, 0.717) is 12.2 Å². The van der Waals surface area contributed by atoms with Crippen LogP contribution in [0.4, 0.5) is 4.39 Å². The monoisotopic (exact) mass is 303 g/mol. The molecular formula is C16H18FN3O2. The first-order valence-corrected chi connectivity index (χ1v) is 7.30. The maximum Gasteiger partial charge on any atom is 0.255 e. The first kappa shape index (κ1) is 14.7. The minimum absolute atomic E-state index is 0.0916. The molecule has 2 heterocycles. The molecule has 0 bridgehead atoms. The van der Waals surface area contributed by atoms with Gasteiger partial charge >= 0.3 is 0 Å². The zero-order valence-corrected chi connectivity index (χ0v) is 12.3. The number of hydrogen-bond donors (Lipinski definition) is 1. The Morgan fingerprint density at radius 1 is 1.45 bits per heavy atom. The normalized spacial score (nSPS) is 19.1. The Labute approximate surface area is 128 Å². The summed E-state index contributed by atoms with van der Waals surface area (Å²) in [4.78, 5) is 12.4. The first-order chi connectivity index (χ1) is 10.6. The molecule has 116 valence electrons. The summed E-state index contributed by atoms with van der Waals surface area (Å²) in [5, 5.41) is 6.99. The van der Waals surface area contributed by atoms with Crippen molar-refractivity contribution in [2.75, 3.05) is 6.61 Å². The number of amides is 1. The molecule has 1 amide bonds. The molecule has 1 fully saturated rings. The van der Waals surface area contributed by atoms with E-state index in [9.17, 15) is 9.18 Å². The van der Waals surface area contributed by atoms with E-state index in [1.807, 2.05) is 0 Å². The quantitative estimate of drug-likeness (QED) is 0.942. The molecule has 2 atom stereocenters. The first-order valence-electron chi connectivity index (χ1n) is 7.30. The van der Waals surface area contributed by atoms with Crippen molar-refractivity contribution in [3.8, 4) is 0 Å². The second-order valence-corrected chi connectivity index (χ2v) is 5.46. The molecule has 0 aliphatic carbocycles. The van der Waals surface area contributed by atoms with Gasteiger partial charge in [-0.1, -0.05) is 12.1 Å². The fourth-order valence-corrected chi connectivity index (χ4v) is 2.69. The van der Waals surface area contributed by atoms with Crippen molar-refractivity contribution in [3.05, 3.63) is 53.6 Å². The van der Waals surface area contributed by atoms with Gasteiger partial charge in [-0.2, -0.15) is 5.10 Å². The van der Waals surface area contributed by atoms with Crippen LogP contribution in [0.3, 0.4) is 0 Å². The van der Waals surface area contributed by atoms with Crippen LogP contribution in [0.1, 0.15) is 34.8 Å². The lowest BCUT2D eigenvalue weighted by Crippen LogP contribution is -2.36. The molecule has 1 aromatic carbocycles. The number of ether oxygens (including phenoxy) is 1. The number of carbonyl (C=O) groups is 1. The van der Waals surface area contributed by atoms with Crippen LogP contribution >= 0.6 is 0 Å².